The Kier molecular flexibility index (Phi) is 5.75. The van der Waals surface area contributed by atoms with Gasteiger partial charge in [0.1, 0.15) is 5.60 Å². The highest BCUT2D eigenvalue weighted by Gasteiger charge is 2.31. The molecule has 116 valence electrons. The highest BCUT2D eigenvalue weighted by Crippen LogP contribution is 2.41. The van der Waals surface area contributed by atoms with Crippen LogP contribution in [-0.4, -0.2) is 22.6 Å². The van der Waals surface area contributed by atoms with Crippen LogP contribution in [0.1, 0.15) is 41.5 Å². The van der Waals surface area contributed by atoms with Crippen molar-refractivity contribution in [3.63, 3.8) is 0 Å². The molecular formula is C12H10Cl4O5. The van der Waals surface area contributed by atoms with E-state index < -0.39 is 33.7 Å². The Morgan fingerprint density at radius 2 is 1.33 bits per heavy atom. The molecule has 0 saturated heterocycles. The van der Waals surface area contributed by atoms with Crippen LogP contribution < -0.4 is 0 Å². The van der Waals surface area contributed by atoms with Gasteiger partial charge in [-0.05, 0) is 20.8 Å². The minimum absolute atomic E-state index is 0.254. The normalized spacial score (nSPS) is 11.4. The summed E-state index contributed by atoms with van der Waals surface area (Å²) in [5.74, 6) is -2.66. The number of benzene rings is 1. The number of hydrogen-bond donors (Lipinski definition) is 1. The van der Waals surface area contributed by atoms with Gasteiger partial charge in [0.2, 0.25) is 0 Å². The molecule has 0 fully saturated rings. The number of halogens is 4. The van der Waals surface area contributed by atoms with Crippen molar-refractivity contribution in [3.05, 3.63) is 31.2 Å². The third-order valence-electron chi connectivity index (χ3n) is 2.05. The van der Waals surface area contributed by atoms with Crippen LogP contribution >= 0.6 is 46.4 Å². The largest absolute Gasteiger partial charge is 0.478 e. The minimum Gasteiger partial charge on any atom is -0.478 e. The summed E-state index contributed by atoms with van der Waals surface area (Å²) in [5.41, 5.74) is -1.95. The van der Waals surface area contributed by atoms with Gasteiger partial charge < -0.3 is 5.11 Å². The van der Waals surface area contributed by atoms with E-state index in [0.29, 0.717) is 0 Å². The van der Waals surface area contributed by atoms with Crippen molar-refractivity contribution in [2.24, 2.45) is 0 Å². The fourth-order valence-corrected chi connectivity index (χ4v) is 2.24. The van der Waals surface area contributed by atoms with E-state index in [1.807, 2.05) is 0 Å². The number of carboxylic acids is 1. The predicted octanol–water partition coefficient (Wildman–Crippen LogP) is 4.89. The molecule has 0 aliphatic carbocycles. The van der Waals surface area contributed by atoms with E-state index in [9.17, 15) is 9.59 Å². The molecule has 0 amide bonds. The summed E-state index contributed by atoms with van der Waals surface area (Å²) >= 11 is 23.2. The van der Waals surface area contributed by atoms with Crippen LogP contribution in [0.2, 0.25) is 20.1 Å². The van der Waals surface area contributed by atoms with E-state index in [2.05, 4.69) is 4.89 Å². The maximum atomic E-state index is 12.0. The number of hydrogen-bond acceptors (Lipinski definition) is 4. The molecule has 0 heterocycles. The number of carbonyl (C=O) groups is 2. The Morgan fingerprint density at radius 3 is 1.71 bits per heavy atom. The van der Waals surface area contributed by atoms with Crippen LogP contribution in [-0.2, 0) is 9.78 Å². The van der Waals surface area contributed by atoms with Crippen LogP contribution in [0.5, 0.6) is 0 Å². The van der Waals surface area contributed by atoms with Crippen molar-refractivity contribution in [1.82, 2.24) is 0 Å². The fourth-order valence-electron chi connectivity index (χ4n) is 1.23. The molecule has 0 aliphatic rings. The van der Waals surface area contributed by atoms with E-state index in [0.717, 1.165) is 0 Å². The third-order valence-corrected chi connectivity index (χ3v) is 3.85. The monoisotopic (exact) mass is 374 g/mol. The Labute approximate surface area is 140 Å². The fraction of sp³-hybridized carbons (Fsp3) is 0.333. The zero-order chi connectivity index (χ0) is 16.5. The summed E-state index contributed by atoms with van der Waals surface area (Å²) in [7, 11) is 0. The van der Waals surface area contributed by atoms with Crippen molar-refractivity contribution >= 4 is 58.3 Å². The summed E-state index contributed by atoms with van der Waals surface area (Å²) in [5, 5.41) is 7.85. The Morgan fingerprint density at radius 1 is 0.905 bits per heavy atom. The number of rotatable bonds is 3. The predicted molar refractivity (Wildman–Crippen MR) is 79.7 cm³/mol. The van der Waals surface area contributed by atoms with Crippen LogP contribution in [0.3, 0.4) is 0 Å². The molecule has 5 nitrogen and oxygen atoms in total. The number of carbonyl (C=O) groups excluding carboxylic acids is 1. The van der Waals surface area contributed by atoms with E-state index in [1.54, 1.807) is 20.8 Å². The molecule has 0 saturated carbocycles. The maximum Gasteiger partial charge on any atom is 0.375 e. The molecule has 0 spiro atoms. The lowest BCUT2D eigenvalue weighted by atomic mass is 10.1. The van der Waals surface area contributed by atoms with Gasteiger partial charge in [0.25, 0.3) is 0 Å². The molecule has 21 heavy (non-hydrogen) atoms. The SMILES string of the molecule is CC(C)(C)OOC(=O)c1c(Cl)c(Cl)c(Cl)c(Cl)c1C(=O)O. The van der Waals surface area contributed by atoms with Gasteiger partial charge in [-0.15, -0.1) is 0 Å². The van der Waals surface area contributed by atoms with Gasteiger partial charge in [-0.1, -0.05) is 46.4 Å². The Bertz CT molecular complexity index is 607. The van der Waals surface area contributed by atoms with Crippen LogP contribution in [0.4, 0.5) is 0 Å². The van der Waals surface area contributed by atoms with Crippen molar-refractivity contribution in [2.45, 2.75) is 26.4 Å². The highest BCUT2D eigenvalue weighted by atomic mass is 35.5. The first-order chi connectivity index (χ1) is 9.47. The average molecular weight is 376 g/mol. The van der Waals surface area contributed by atoms with Crippen molar-refractivity contribution in [1.29, 1.82) is 0 Å². The van der Waals surface area contributed by atoms with Crippen molar-refractivity contribution < 1.29 is 24.5 Å². The molecule has 1 N–H and O–H groups in total. The molecule has 0 aliphatic heterocycles. The second-order valence-corrected chi connectivity index (χ2v) is 6.39. The lowest BCUT2D eigenvalue weighted by Gasteiger charge is -2.18. The van der Waals surface area contributed by atoms with Gasteiger partial charge >= 0.3 is 11.9 Å². The van der Waals surface area contributed by atoms with Crippen LogP contribution in [0, 0.1) is 0 Å². The zero-order valence-electron chi connectivity index (χ0n) is 11.1. The average Bonchev–Trinajstić information content (AvgIpc) is 2.36. The zero-order valence-corrected chi connectivity index (χ0v) is 14.1. The molecule has 0 radical (unpaired) electrons. The number of aromatic carboxylic acids is 1. The first-order valence-corrected chi connectivity index (χ1v) is 6.97. The molecular weight excluding hydrogens is 366 g/mol. The first kappa shape index (κ1) is 18.3. The second-order valence-electron chi connectivity index (χ2n) is 4.88. The van der Waals surface area contributed by atoms with Gasteiger partial charge in [-0.25, -0.2) is 9.59 Å². The number of carboxylic acid groups (broad SMARTS) is 1. The summed E-state index contributed by atoms with van der Waals surface area (Å²) in [6.45, 7) is 4.88. The molecule has 0 atom stereocenters. The van der Waals surface area contributed by atoms with Gasteiger partial charge in [0.15, 0.2) is 0 Å². The summed E-state index contributed by atoms with van der Waals surface area (Å²) in [4.78, 5) is 32.7. The molecule has 0 unspecified atom stereocenters. The Balaban J connectivity index is 3.41. The minimum atomic E-state index is -1.51. The molecule has 1 aromatic rings. The summed E-state index contributed by atoms with van der Waals surface area (Å²) in [6.07, 6.45) is 0. The standard InChI is InChI=1S/C12H10Cl4O5/c1-12(2,3)21-20-11(19)5-4(10(17)18)6(13)8(15)9(16)7(5)14/h1-3H3,(H,17,18). The van der Waals surface area contributed by atoms with Gasteiger partial charge in [-0.3, -0.25) is 4.89 Å². The quantitative estimate of drug-likeness (QED) is 0.352. The van der Waals surface area contributed by atoms with E-state index in [1.165, 1.54) is 0 Å². The van der Waals surface area contributed by atoms with E-state index in [4.69, 9.17) is 56.4 Å². The Hall–Kier alpha value is -0.720. The van der Waals surface area contributed by atoms with Gasteiger partial charge in [-0.2, -0.15) is 4.89 Å². The summed E-state index contributed by atoms with van der Waals surface area (Å²) < 4.78 is 0. The van der Waals surface area contributed by atoms with Crippen LogP contribution in [0.25, 0.3) is 0 Å². The molecule has 1 aromatic carbocycles. The lowest BCUT2D eigenvalue weighted by Crippen LogP contribution is -2.23. The van der Waals surface area contributed by atoms with Gasteiger partial charge in [0, 0.05) is 0 Å². The maximum absolute atomic E-state index is 12.0. The summed E-state index contributed by atoms with van der Waals surface area (Å²) in [6, 6.07) is 0. The molecule has 0 aromatic heterocycles. The lowest BCUT2D eigenvalue weighted by molar-refractivity contribution is -0.301. The van der Waals surface area contributed by atoms with E-state index in [-0.39, 0.29) is 15.1 Å². The van der Waals surface area contributed by atoms with Crippen molar-refractivity contribution in [3.8, 4) is 0 Å². The third kappa shape index (κ3) is 4.14. The van der Waals surface area contributed by atoms with Crippen molar-refractivity contribution in [2.75, 3.05) is 0 Å². The smallest absolute Gasteiger partial charge is 0.375 e. The van der Waals surface area contributed by atoms with Crippen LogP contribution in [0.15, 0.2) is 0 Å². The topological polar surface area (TPSA) is 72.8 Å². The van der Waals surface area contributed by atoms with Gasteiger partial charge in [0.05, 0.1) is 31.2 Å². The van der Waals surface area contributed by atoms with E-state index >= 15 is 0 Å². The first-order valence-electron chi connectivity index (χ1n) is 5.46. The highest BCUT2D eigenvalue weighted by molar-refractivity contribution is 6.54. The molecule has 9 heteroatoms. The molecule has 0 bridgehead atoms. The molecule has 1 rings (SSSR count). The second kappa shape index (κ2) is 6.58.